The van der Waals surface area contributed by atoms with Crippen molar-refractivity contribution in [2.45, 2.75) is 103 Å². The number of carbonyl (C=O) groups is 3. The Hall–Kier alpha value is -2.45. The lowest BCUT2D eigenvalue weighted by Crippen LogP contribution is -2.59. The number of nitrogens with zero attached hydrogens (tertiary/aromatic N) is 1. The highest BCUT2D eigenvalue weighted by atomic mass is 16.5. The fourth-order valence-corrected chi connectivity index (χ4v) is 7.00. The van der Waals surface area contributed by atoms with E-state index in [4.69, 9.17) is 4.74 Å². The van der Waals surface area contributed by atoms with Gasteiger partial charge in [0.05, 0.1) is 30.1 Å². The van der Waals surface area contributed by atoms with E-state index in [0.29, 0.717) is 25.8 Å². The van der Waals surface area contributed by atoms with Crippen molar-refractivity contribution >= 4 is 17.7 Å². The van der Waals surface area contributed by atoms with Gasteiger partial charge in [-0.15, -0.1) is 0 Å². The Bertz CT molecular complexity index is 1000. The van der Waals surface area contributed by atoms with Gasteiger partial charge in [-0.3, -0.25) is 14.4 Å². The molecule has 37 heavy (non-hydrogen) atoms. The first kappa shape index (κ1) is 27.6. The molecule has 1 spiro atoms. The van der Waals surface area contributed by atoms with Gasteiger partial charge in [-0.2, -0.15) is 0 Å². The van der Waals surface area contributed by atoms with Gasteiger partial charge in [0.25, 0.3) is 0 Å². The van der Waals surface area contributed by atoms with Gasteiger partial charge in [-0.05, 0) is 51.0 Å². The lowest BCUT2D eigenvalue weighted by Gasteiger charge is -2.38. The minimum absolute atomic E-state index is 0.0539. The third-order valence-electron chi connectivity index (χ3n) is 8.51. The zero-order valence-electron chi connectivity index (χ0n) is 22.8. The minimum Gasteiger partial charge on any atom is -0.394 e. The van der Waals surface area contributed by atoms with Gasteiger partial charge >= 0.3 is 0 Å². The molecule has 0 aliphatic carbocycles. The van der Waals surface area contributed by atoms with Crippen molar-refractivity contribution < 1.29 is 24.2 Å². The molecule has 0 radical (unpaired) electrons. The van der Waals surface area contributed by atoms with Gasteiger partial charge in [0.1, 0.15) is 11.6 Å². The molecule has 8 nitrogen and oxygen atoms in total. The van der Waals surface area contributed by atoms with Crippen molar-refractivity contribution in [3.05, 3.63) is 35.9 Å². The number of rotatable bonds is 11. The van der Waals surface area contributed by atoms with Gasteiger partial charge < -0.3 is 25.4 Å². The highest BCUT2D eigenvalue weighted by Gasteiger charge is 2.78. The number of hydrogen-bond donors (Lipinski definition) is 3. The van der Waals surface area contributed by atoms with Crippen LogP contribution in [0.3, 0.4) is 0 Å². The van der Waals surface area contributed by atoms with Crippen LogP contribution in [0.5, 0.6) is 0 Å². The van der Waals surface area contributed by atoms with Crippen LogP contribution in [0.4, 0.5) is 0 Å². The van der Waals surface area contributed by atoms with Gasteiger partial charge in [-0.1, -0.05) is 57.5 Å². The zero-order valence-corrected chi connectivity index (χ0v) is 22.8. The van der Waals surface area contributed by atoms with Crippen LogP contribution in [0.2, 0.25) is 0 Å². The van der Waals surface area contributed by atoms with Crippen molar-refractivity contribution in [2.24, 2.45) is 17.8 Å². The second-order valence-electron chi connectivity index (χ2n) is 11.8. The first-order valence-corrected chi connectivity index (χ1v) is 13.8. The average molecular weight is 514 g/mol. The SMILES string of the molecule is CCCC(C)NC(=O)C1N([C@@H](CO)CC(C)C)C(=O)[C@@H]2[C@@H](C(=O)NCc3ccccc3)[C@@]3(C)CCC12O3. The summed E-state index contributed by atoms with van der Waals surface area (Å²) in [4.78, 5) is 43.2. The van der Waals surface area contributed by atoms with Crippen molar-refractivity contribution in [3.63, 3.8) is 0 Å². The van der Waals surface area contributed by atoms with Crippen LogP contribution in [-0.4, -0.2) is 63.7 Å². The van der Waals surface area contributed by atoms with Gasteiger partial charge in [0.2, 0.25) is 17.7 Å². The maximum absolute atomic E-state index is 14.2. The van der Waals surface area contributed by atoms with E-state index < -0.39 is 35.1 Å². The number of likely N-dealkylation sites (tertiary alicyclic amines) is 1. The Labute approximate surface area is 220 Å². The summed E-state index contributed by atoms with van der Waals surface area (Å²) in [6, 6.07) is 8.20. The molecule has 204 valence electrons. The summed E-state index contributed by atoms with van der Waals surface area (Å²) in [5, 5.41) is 16.5. The highest BCUT2D eigenvalue weighted by Crippen LogP contribution is 2.63. The molecule has 8 heteroatoms. The van der Waals surface area contributed by atoms with E-state index in [0.717, 1.165) is 18.4 Å². The molecule has 2 bridgehead atoms. The predicted octanol–water partition coefficient (Wildman–Crippen LogP) is 2.78. The summed E-state index contributed by atoms with van der Waals surface area (Å²) in [5.74, 6) is -1.99. The Morgan fingerprint density at radius 3 is 2.49 bits per heavy atom. The van der Waals surface area contributed by atoms with Crippen LogP contribution < -0.4 is 10.6 Å². The number of aliphatic hydroxyl groups is 1. The highest BCUT2D eigenvalue weighted by molar-refractivity contribution is 5.99. The normalized spacial score (nSPS) is 31.9. The van der Waals surface area contributed by atoms with Crippen molar-refractivity contribution in [1.29, 1.82) is 0 Å². The van der Waals surface area contributed by atoms with E-state index in [1.807, 2.05) is 58.0 Å². The number of nitrogens with one attached hydrogen (secondary N) is 2. The molecule has 3 aliphatic rings. The third kappa shape index (κ3) is 4.90. The van der Waals surface area contributed by atoms with Crippen molar-refractivity contribution in [1.82, 2.24) is 15.5 Å². The van der Waals surface area contributed by atoms with Gasteiger partial charge in [0, 0.05) is 12.6 Å². The molecule has 3 unspecified atom stereocenters. The number of fused-ring (bicyclic) bond motifs is 1. The molecule has 3 fully saturated rings. The molecule has 3 saturated heterocycles. The second-order valence-corrected chi connectivity index (χ2v) is 11.8. The molecule has 3 N–H and O–H groups in total. The summed E-state index contributed by atoms with van der Waals surface area (Å²) in [6.45, 7) is 10.1. The van der Waals surface area contributed by atoms with E-state index in [1.165, 1.54) is 0 Å². The molecule has 3 aliphatic heterocycles. The van der Waals surface area contributed by atoms with Gasteiger partial charge in [0.15, 0.2) is 0 Å². The monoisotopic (exact) mass is 513 g/mol. The predicted molar refractivity (Wildman–Crippen MR) is 140 cm³/mol. The molecule has 1 aromatic rings. The van der Waals surface area contributed by atoms with Crippen molar-refractivity contribution in [2.75, 3.05) is 6.61 Å². The van der Waals surface area contributed by atoms with Crippen molar-refractivity contribution in [3.8, 4) is 0 Å². The average Bonchev–Trinajstić information content (AvgIpc) is 3.42. The third-order valence-corrected chi connectivity index (χ3v) is 8.51. The van der Waals surface area contributed by atoms with E-state index in [2.05, 4.69) is 17.6 Å². The smallest absolute Gasteiger partial charge is 0.246 e. The van der Waals surface area contributed by atoms with Crippen LogP contribution >= 0.6 is 0 Å². The number of carbonyl (C=O) groups excluding carboxylic acids is 3. The van der Waals surface area contributed by atoms with E-state index in [-0.39, 0.29) is 36.3 Å². The van der Waals surface area contributed by atoms with E-state index in [1.54, 1.807) is 4.90 Å². The first-order chi connectivity index (χ1) is 17.6. The van der Waals surface area contributed by atoms with E-state index >= 15 is 0 Å². The quantitative estimate of drug-likeness (QED) is 0.422. The molecular formula is C29H43N3O5. The zero-order chi connectivity index (χ0) is 27.0. The van der Waals surface area contributed by atoms with Gasteiger partial charge in [-0.25, -0.2) is 0 Å². The molecule has 3 heterocycles. The summed E-state index contributed by atoms with van der Waals surface area (Å²) in [6.07, 6.45) is 3.42. The lowest BCUT2D eigenvalue weighted by atomic mass is 9.66. The Morgan fingerprint density at radius 2 is 1.86 bits per heavy atom. The van der Waals surface area contributed by atoms with Crippen LogP contribution in [0.25, 0.3) is 0 Å². The van der Waals surface area contributed by atoms with Crippen LogP contribution in [0, 0.1) is 17.8 Å². The molecule has 7 atom stereocenters. The summed E-state index contributed by atoms with van der Waals surface area (Å²) in [7, 11) is 0. The minimum atomic E-state index is -1.08. The molecule has 3 amide bonds. The van der Waals surface area contributed by atoms with Crippen LogP contribution in [-0.2, 0) is 25.7 Å². The number of ether oxygens (including phenoxy) is 1. The number of benzene rings is 1. The van der Waals surface area contributed by atoms with Crippen LogP contribution in [0.1, 0.15) is 72.3 Å². The molecule has 1 aromatic carbocycles. The topological polar surface area (TPSA) is 108 Å². The summed E-state index contributed by atoms with van der Waals surface area (Å²) < 4.78 is 6.67. The summed E-state index contributed by atoms with van der Waals surface area (Å²) in [5.41, 5.74) is -0.937. The Balaban J connectivity index is 1.68. The van der Waals surface area contributed by atoms with E-state index in [9.17, 15) is 19.5 Å². The Morgan fingerprint density at radius 1 is 1.16 bits per heavy atom. The maximum atomic E-state index is 14.2. The standard InChI is InChI=1S/C29H43N3O5/c1-6-10-19(4)31-26(35)24-29-14-13-28(5,37-29)22(25(34)30-16-20-11-8-7-9-12-20)23(29)27(36)32(24)21(17-33)15-18(2)3/h7-9,11-12,18-19,21-24,33H,6,10,13-17H2,1-5H3,(H,30,34)(H,31,35)/t19?,21-,22+,23+,24?,28-,29?/m1/s1. The molecular weight excluding hydrogens is 470 g/mol. The molecule has 0 aromatic heterocycles. The molecule has 4 rings (SSSR count). The fourth-order valence-electron chi connectivity index (χ4n) is 7.00. The molecule has 0 saturated carbocycles. The maximum Gasteiger partial charge on any atom is 0.246 e. The fraction of sp³-hybridized carbons (Fsp3) is 0.690. The van der Waals surface area contributed by atoms with Crippen LogP contribution in [0.15, 0.2) is 30.3 Å². The largest absolute Gasteiger partial charge is 0.394 e. The summed E-state index contributed by atoms with van der Waals surface area (Å²) >= 11 is 0. The lowest BCUT2D eigenvalue weighted by molar-refractivity contribution is -0.150. The number of aliphatic hydroxyl groups excluding tert-OH is 1. The second kappa shape index (κ2) is 10.7. The number of amides is 3. The first-order valence-electron chi connectivity index (χ1n) is 13.8. The Kier molecular flexibility index (Phi) is 8.00. The number of hydrogen-bond acceptors (Lipinski definition) is 5.